The van der Waals surface area contributed by atoms with Gasteiger partial charge >= 0.3 is 0 Å². The quantitative estimate of drug-likeness (QED) is 0.780. The fraction of sp³-hybridized carbons (Fsp3) is 0.941. The number of amides is 1. The van der Waals surface area contributed by atoms with Crippen molar-refractivity contribution in [3.63, 3.8) is 0 Å². The number of carbonyl (C=O) groups excluding carboxylic acids is 1. The van der Waals surface area contributed by atoms with Crippen LogP contribution in [0.2, 0.25) is 0 Å². The predicted octanol–water partition coefficient (Wildman–Crippen LogP) is 1.68. The smallest absolute Gasteiger partial charge is 0.228 e. The van der Waals surface area contributed by atoms with Gasteiger partial charge in [0.05, 0.1) is 11.7 Å². The highest BCUT2D eigenvalue weighted by molar-refractivity contribution is 7.90. The molecule has 6 heteroatoms. The Morgan fingerprint density at radius 1 is 1.00 bits per heavy atom. The van der Waals surface area contributed by atoms with Gasteiger partial charge in [-0.2, -0.15) is 0 Å². The SMILES string of the molecule is CS(=O)(=O)CC1CCCCN1C(=O)C1CN(C2CCCCC2)C1. The van der Waals surface area contributed by atoms with Crippen LogP contribution < -0.4 is 0 Å². The molecule has 5 nitrogen and oxygen atoms in total. The average molecular weight is 343 g/mol. The molecule has 0 radical (unpaired) electrons. The van der Waals surface area contributed by atoms with E-state index in [1.165, 1.54) is 38.4 Å². The molecule has 3 aliphatic rings. The Labute approximate surface area is 140 Å². The Hall–Kier alpha value is -0.620. The molecule has 1 unspecified atom stereocenters. The van der Waals surface area contributed by atoms with E-state index in [1.54, 1.807) is 0 Å². The van der Waals surface area contributed by atoms with E-state index in [9.17, 15) is 13.2 Å². The van der Waals surface area contributed by atoms with Crippen molar-refractivity contribution in [2.75, 3.05) is 31.6 Å². The largest absolute Gasteiger partial charge is 0.338 e. The highest BCUT2D eigenvalue weighted by Crippen LogP contribution is 2.30. The van der Waals surface area contributed by atoms with Crippen LogP contribution in [0.15, 0.2) is 0 Å². The summed E-state index contributed by atoms with van der Waals surface area (Å²) in [5, 5.41) is 0. The van der Waals surface area contributed by atoms with Gasteiger partial charge in [0.1, 0.15) is 9.84 Å². The van der Waals surface area contributed by atoms with Crippen molar-refractivity contribution in [1.29, 1.82) is 0 Å². The maximum absolute atomic E-state index is 12.8. The van der Waals surface area contributed by atoms with Crippen LogP contribution in [0.25, 0.3) is 0 Å². The van der Waals surface area contributed by atoms with E-state index >= 15 is 0 Å². The van der Waals surface area contributed by atoms with Crippen molar-refractivity contribution in [3.05, 3.63) is 0 Å². The van der Waals surface area contributed by atoms with Crippen LogP contribution >= 0.6 is 0 Å². The number of nitrogens with zero attached hydrogens (tertiary/aromatic N) is 2. The summed E-state index contributed by atoms with van der Waals surface area (Å²) in [5.74, 6) is 0.417. The molecular formula is C17H30N2O3S. The van der Waals surface area contributed by atoms with Gasteiger partial charge in [-0.15, -0.1) is 0 Å². The first-order valence-corrected chi connectivity index (χ1v) is 11.2. The van der Waals surface area contributed by atoms with E-state index in [4.69, 9.17) is 0 Å². The molecule has 0 spiro atoms. The molecule has 132 valence electrons. The summed E-state index contributed by atoms with van der Waals surface area (Å²) >= 11 is 0. The maximum atomic E-state index is 12.8. The molecule has 2 saturated heterocycles. The third kappa shape index (κ3) is 4.27. The molecule has 0 aromatic rings. The number of hydrogen-bond acceptors (Lipinski definition) is 4. The topological polar surface area (TPSA) is 57.7 Å². The number of hydrogen-bond donors (Lipinski definition) is 0. The summed E-state index contributed by atoms with van der Waals surface area (Å²) in [6.07, 6.45) is 10.7. The van der Waals surface area contributed by atoms with E-state index in [0.717, 1.165) is 38.9 Å². The van der Waals surface area contributed by atoms with Gasteiger partial charge in [0.2, 0.25) is 5.91 Å². The maximum Gasteiger partial charge on any atom is 0.228 e. The van der Waals surface area contributed by atoms with Gasteiger partial charge in [-0.1, -0.05) is 19.3 Å². The van der Waals surface area contributed by atoms with E-state index in [-0.39, 0.29) is 23.6 Å². The van der Waals surface area contributed by atoms with Gasteiger partial charge in [-0.25, -0.2) is 8.42 Å². The van der Waals surface area contributed by atoms with Crippen LogP contribution in [-0.2, 0) is 14.6 Å². The summed E-state index contributed by atoms with van der Waals surface area (Å²) in [6.45, 7) is 2.50. The minimum atomic E-state index is -3.04. The molecule has 23 heavy (non-hydrogen) atoms. The minimum absolute atomic E-state index is 0.0945. The molecule has 2 heterocycles. The monoisotopic (exact) mass is 342 g/mol. The third-order valence-corrected chi connectivity index (χ3v) is 6.75. The van der Waals surface area contributed by atoms with Crippen molar-refractivity contribution in [3.8, 4) is 0 Å². The molecule has 1 amide bonds. The normalized spacial score (nSPS) is 28.6. The standard InChI is InChI=1S/C17H30N2O3S/c1-23(21,22)13-16-9-5-6-10-19(16)17(20)14-11-18(12-14)15-7-3-2-4-8-15/h14-16H,2-13H2,1H3. The average Bonchev–Trinajstić information content (AvgIpc) is 2.45. The molecule has 0 aromatic heterocycles. The van der Waals surface area contributed by atoms with Crippen molar-refractivity contribution in [2.24, 2.45) is 5.92 Å². The number of carbonyl (C=O) groups is 1. The van der Waals surface area contributed by atoms with E-state index in [1.807, 2.05) is 4.90 Å². The molecule has 3 fully saturated rings. The minimum Gasteiger partial charge on any atom is -0.338 e. The molecule has 2 aliphatic heterocycles. The zero-order valence-corrected chi connectivity index (χ0v) is 15.1. The Morgan fingerprint density at radius 3 is 2.30 bits per heavy atom. The predicted molar refractivity (Wildman–Crippen MR) is 91.0 cm³/mol. The fourth-order valence-corrected chi connectivity index (χ4v) is 5.51. The first kappa shape index (κ1) is 17.2. The second kappa shape index (κ2) is 7.09. The summed E-state index contributed by atoms with van der Waals surface area (Å²) in [5.41, 5.74) is 0. The zero-order valence-electron chi connectivity index (χ0n) is 14.2. The van der Waals surface area contributed by atoms with Crippen molar-refractivity contribution in [2.45, 2.75) is 63.5 Å². The number of rotatable bonds is 4. The lowest BCUT2D eigenvalue weighted by Crippen LogP contribution is -2.60. The van der Waals surface area contributed by atoms with Crippen LogP contribution in [0.5, 0.6) is 0 Å². The Bertz CT molecular complexity index is 522. The first-order chi connectivity index (χ1) is 10.9. The Kier molecular flexibility index (Phi) is 5.31. The Balaban J connectivity index is 1.54. The molecule has 0 N–H and O–H groups in total. The summed E-state index contributed by atoms with van der Waals surface area (Å²) in [7, 11) is -3.04. The summed E-state index contributed by atoms with van der Waals surface area (Å²) in [6, 6.07) is 0.580. The first-order valence-electron chi connectivity index (χ1n) is 9.16. The number of likely N-dealkylation sites (tertiary alicyclic amines) is 2. The lowest BCUT2D eigenvalue weighted by molar-refractivity contribution is -0.145. The summed E-state index contributed by atoms with van der Waals surface area (Å²) < 4.78 is 23.3. The van der Waals surface area contributed by atoms with Crippen LogP contribution in [0.4, 0.5) is 0 Å². The molecule has 1 atom stereocenters. The fourth-order valence-electron chi connectivity index (χ4n) is 4.46. The van der Waals surface area contributed by atoms with Crippen LogP contribution in [0, 0.1) is 5.92 Å². The van der Waals surface area contributed by atoms with Crippen LogP contribution in [-0.4, -0.2) is 67.9 Å². The molecule has 1 aliphatic carbocycles. The molecule has 1 saturated carbocycles. The lowest BCUT2D eigenvalue weighted by atomic mass is 9.88. The van der Waals surface area contributed by atoms with Crippen molar-refractivity contribution < 1.29 is 13.2 Å². The van der Waals surface area contributed by atoms with Crippen LogP contribution in [0.1, 0.15) is 51.4 Å². The molecule has 0 aromatic carbocycles. The molecular weight excluding hydrogens is 312 g/mol. The van der Waals surface area contributed by atoms with Crippen molar-refractivity contribution >= 4 is 15.7 Å². The highest BCUT2D eigenvalue weighted by atomic mass is 32.2. The van der Waals surface area contributed by atoms with Crippen molar-refractivity contribution in [1.82, 2.24) is 9.80 Å². The number of sulfone groups is 1. The third-order valence-electron chi connectivity index (χ3n) is 5.76. The van der Waals surface area contributed by atoms with Gasteiger partial charge in [0.15, 0.2) is 0 Å². The van der Waals surface area contributed by atoms with Gasteiger partial charge < -0.3 is 4.90 Å². The molecule has 3 rings (SSSR count). The highest BCUT2D eigenvalue weighted by Gasteiger charge is 2.41. The van der Waals surface area contributed by atoms with Gasteiger partial charge in [-0.3, -0.25) is 9.69 Å². The number of piperidine rings is 1. The van der Waals surface area contributed by atoms with Gasteiger partial charge in [-0.05, 0) is 32.1 Å². The lowest BCUT2D eigenvalue weighted by Gasteiger charge is -2.47. The van der Waals surface area contributed by atoms with E-state index < -0.39 is 9.84 Å². The second-order valence-corrected chi connectivity index (χ2v) is 9.90. The molecule has 0 bridgehead atoms. The van der Waals surface area contributed by atoms with Gasteiger partial charge in [0, 0.05) is 38.0 Å². The van der Waals surface area contributed by atoms with E-state index in [0.29, 0.717) is 6.04 Å². The summed E-state index contributed by atoms with van der Waals surface area (Å²) in [4.78, 5) is 17.2. The van der Waals surface area contributed by atoms with Crippen LogP contribution in [0.3, 0.4) is 0 Å². The van der Waals surface area contributed by atoms with Gasteiger partial charge in [0.25, 0.3) is 0 Å². The zero-order chi connectivity index (χ0) is 16.4. The Morgan fingerprint density at radius 2 is 1.65 bits per heavy atom. The second-order valence-electron chi connectivity index (χ2n) is 7.72. The van der Waals surface area contributed by atoms with E-state index in [2.05, 4.69) is 4.90 Å².